The van der Waals surface area contributed by atoms with Crippen LogP contribution in [0, 0.1) is 0 Å². The molecule has 4 heterocycles. The van der Waals surface area contributed by atoms with Gasteiger partial charge in [0.15, 0.2) is 0 Å². The van der Waals surface area contributed by atoms with Crippen LogP contribution in [-0.2, 0) is 22.7 Å². The van der Waals surface area contributed by atoms with Gasteiger partial charge in [-0.05, 0) is 24.3 Å². The Kier molecular flexibility index (Phi) is 14.2. The number of para-hydroxylation sites is 2. The number of nitrogens with one attached hydrogen (secondary N) is 2. The number of amides is 2. The first-order valence-corrected chi connectivity index (χ1v) is 17.4. The molecule has 0 aliphatic heterocycles. The summed E-state index contributed by atoms with van der Waals surface area (Å²) in [4.78, 5) is 60.6. The van der Waals surface area contributed by atoms with Crippen LogP contribution in [0.3, 0.4) is 0 Å². The van der Waals surface area contributed by atoms with Gasteiger partial charge in [-0.15, -0.1) is 5.10 Å². The number of carboxylic acids is 2. The third-order valence-electron chi connectivity index (χ3n) is 7.62. The molecule has 4 aromatic heterocycles. The Labute approximate surface area is 331 Å². The molecule has 0 saturated carbocycles. The number of nitrogens with two attached hydrogens (primary N) is 2. The minimum Gasteiger partial charge on any atom is -0.491 e. The fourth-order valence-electron chi connectivity index (χ4n) is 5.06. The van der Waals surface area contributed by atoms with Crippen molar-refractivity contribution < 1.29 is 56.8 Å². The maximum atomic E-state index is 13.7. The number of ether oxygens (including phenoxy) is 3. The zero-order valence-corrected chi connectivity index (χ0v) is 30.7. The van der Waals surface area contributed by atoms with E-state index in [1.165, 1.54) is 23.0 Å². The van der Waals surface area contributed by atoms with Crippen LogP contribution in [0.1, 0.15) is 33.1 Å². The average molecular weight is 821 g/mol. The number of fused-ring (bicyclic) bond motifs is 2. The van der Waals surface area contributed by atoms with Crippen molar-refractivity contribution in [3.8, 4) is 17.2 Å². The number of pyridine rings is 3. The highest BCUT2D eigenvalue weighted by molar-refractivity contribution is 6.07. The largest absolute Gasteiger partial charge is 0.491 e. The maximum Gasteiger partial charge on any atom is 0.490 e. The molecule has 0 unspecified atom stereocenters. The van der Waals surface area contributed by atoms with Crippen LogP contribution in [0.5, 0.6) is 17.2 Å². The number of hydrogen-bond acceptors (Lipinski definition) is 14. The van der Waals surface area contributed by atoms with E-state index in [2.05, 4.69) is 35.9 Å². The zero-order chi connectivity index (χ0) is 42.5. The molecule has 0 bridgehead atoms. The summed E-state index contributed by atoms with van der Waals surface area (Å²) in [5.74, 6) is -3.68. The first kappa shape index (κ1) is 42.7. The summed E-state index contributed by atoms with van der Waals surface area (Å²) in [7, 11) is 0. The van der Waals surface area contributed by atoms with E-state index < -0.39 is 29.9 Å². The highest BCUT2D eigenvalue weighted by Crippen LogP contribution is 2.29. The molecule has 8 N–H and O–H groups in total. The number of aromatic nitrogens is 6. The Hall–Kier alpha value is -7.46. The van der Waals surface area contributed by atoms with Crippen LogP contribution in [0.15, 0.2) is 79.0 Å². The number of hydrogen-bond donors (Lipinski definition) is 6. The highest BCUT2D eigenvalue weighted by atomic mass is 19.4. The van der Waals surface area contributed by atoms with Crippen LogP contribution in [0.2, 0.25) is 0 Å². The standard InChI is InChI=1S/C35H34N10O7.C2HF3O2/c36-10-13-50-29-17-31(39-25-7-3-1-5-23(25)29)41-34(48)27-15-22(52-20-21-19-45(44-43-21)12-9-33(46)47)16-28(38-27)35(49)42-32-18-30(51-14-11-37)24-6-2-4-8-26(24)40-32;3-2(4,5)1(6)7/h1-8,15-19H,9-14,20,36-37H2,(H,46,47)(H,39,41,48)(H,40,42,49);(H,6,7). The number of anilines is 2. The predicted octanol–water partition coefficient (Wildman–Crippen LogP) is 3.64. The third-order valence-corrected chi connectivity index (χ3v) is 7.62. The third kappa shape index (κ3) is 12.0. The molecule has 0 radical (unpaired) electrons. The molecule has 308 valence electrons. The van der Waals surface area contributed by atoms with Crippen molar-refractivity contribution in [2.24, 2.45) is 11.5 Å². The van der Waals surface area contributed by atoms with Crippen molar-refractivity contribution in [2.75, 3.05) is 36.9 Å². The van der Waals surface area contributed by atoms with Crippen LogP contribution < -0.4 is 36.3 Å². The molecule has 0 aliphatic rings. The Morgan fingerprint density at radius 2 is 1.22 bits per heavy atom. The van der Waals surface area contributed by atoms with E-state index in [9.17, 15) is 27.6 Å². The summed E-state index contributed by atoms with van der Waals surface area (Å²) in [6, 6.07) is 20.4. The number of benzene rings is 2. The van der Waals surface area contributed by atoms with Crippen molar-refractivity contribution in [2.45, 2.75) is 25.7 Å². The van der Waals surface area contributed by atoms with Crippen molar-refractivity contribution >= 4 is 57.2 Å². The van der Waals surface area contributed by atoms with E-state index in [1.54, 1.807) is 24.3 Å². The van der Waals surface area contributed by atoms with E-state index in [0.717, 1.165) is 10.8 Å². The number of rotatable bonds is 16. The maximum absolute atomic E-state index is 13.7. The number of aliphatic carboxylic acids is 2. The Morgan fingerprint density at radius 3 is 1.68 bits per heavy atom. The average Bonchev–Trinajstić information content (AvgIpc) is 3.68. The van der Waals surface area contributed by atoms with Crippen molar-refractivity contribution in [1.82, 2.24) is 29.9 Å². The van der Waals surface area contributed by atoms with Gasteiger partial charge in [-0.3, -0.25) is 19.1 Å². The molecular formula is C37H35F3N10O9. The fraction of sp³-hybridized carbons (Fsp3) is 0.216. The van der Waals surface area contributed by atoms with Gasteiger partial charge in [0.05, 0.1) is 30.2 Å². The fourth-order valence-corrected chi connectivity index (χ4v) is 5.06. The topological polar surface area (TPSA) is 282 Å². The second kappa shape index (κ2) is 19.6. The van der Waals surface area contributed by atoms with Gasteiger partial charge in [-0.1, -0.05) is 29.5 Å². The Bertz CT molecular complexity index is 2340. The second-order valence-corrected chi connectivity index (χ2v) is 12.0. The van der Waals surface area contributed by atoms with Crippen LogP contribution in [-0.4, -0.2) is 96.4 Å². The lowest BCUT2D eigenvalue weighted by molar-refractivity contribution is -0.192. The first-order chi connectivity index (χ1) is 28.2. The molecule has 2 amide bonds. The lowest BCUT2D eigenvalue weighted by Gasteiger charge is -2.13. The van der Waals surface area contributed by atoms with E-state index in [1.807, 2.05) is 36.4 Å². The van der Waals surface area contributed by atoms with Crippen molar-refractivity contribution in [3.05, 3.63) is 96.1 Å². The normalized spacial score (nSPS) is 11.0. The summed E-state index contributed by atoms with van der Waals surface area (Å²) in [5.41, 5.74) is 12.5. The molecule has 0 aliphatic carbocycles. The van der Waals surface area contributed by atoms with Crippen LogP contribution >= 0.6 is 0 Å². The molecule has 0 fully saturated rings. The molecule has 0 saturated heterocycles. The van der Waals surface area contributed by atoms with E-state index in [4.69, 9.17) is 40.7 Å². The zero-order valence-electron chi connectivity index (χ0n) is 30.7. The number of carbonyl (C=O) groups excluding carboxylic acids is 2. The Morgan fingerprint density at radius 1 is 0.729 bits per heavy atom. The van der Waals surface area contributed by atoms with E-state index in [-0.39, 0.29) is 74.6 Å². The molecule has 0 spiro atoms. The number of halogens is 3. The van der Waals surface area contributed by atoms with Gasteiger partial charge in [0, 0.05) is 48.1 Å². The summed E-state index contributed by atoms with van der Waals surface area (Å²) in [6.45, 7) is 1.09. The minimum absolute atomic E-state index is 0.110. The van der Waals surface area contributed by atoms with Crippen molar-refractivity contribution in [1.29, 1.82) is 0 Å². The van der Waals surface area contributed by atoms with Gasteiger partial charge in [0.2, 0.25) is 0 Å². The van der Waals surface area contributed by atoms with Gasteiger partial charge in [-0.2, -0.15) is 13.2 Å². The van der Waals surface area contributed by atoms with Gasteiger partial charge in [-0.25, -0.2) is 19.7 Å². The SMILES string of the molecule is NCCOc1cc(NC(=O)c2cc(OCc3cn(CCC(=O)O)nn3)cc(C(=O)Nc3cc(OCCN)c4ccccc4n3)n2)nc2ccccc12.O=C(O)C(F)(F)F. The van der Waals surface area contributed by atoms with Crippen molar-refractivity contribution in [3.63, 3.8) is 0 Å². The van der Waals surface area contributed by atoms with Gasteiger partial charge in [0.1, 0.15) is 65.8 Å². The quantitative estimate of drug-likeness (QED) is 0.0813. The molecule has 59 heavy (non-hydrogen) atoms. The summed E-state index contributed by atoms with van der Waals surface area (Å²) < 4.78 is 50.7. The first-order valence-electron chi connectivity index (χ1n) is 17.4. The number of aryl methyl sites for hydroxylation is 1. The van der Waals surface area contributed by atoms with Crippen LogP contribution in [0.4, 0.5) is 24.8 Å². The molecule has 19 nitrogen and oxygen atoms in total. The van der Waals surface area contributed by atoms with Gasteiger partial charge >= 0.3 is 18.1 Å². The molecule has 0 atom stereocenters. The smallest absolute Gasteiger partial charge is 0.490 e. The number of carbonyl (C=O) groups is 4. The van der Waals surface area contributed by atoms with Gasteiger partial charge < -0.3 is 46.5 Å². The number of nitrogens with zero attached hydrogens (tertiary/aromatic N) is 6. The molecule has 22 heteroatoms. The van der Waals surface area contributed by atoms with E-state index in [0.29, 0.717) is 28.2 Å². The molecule has 2 aromatic carbocycles. The second-order valence-electron chi connectivity index (χ2n) is 12.0. The monoisotopic (exact) mass is 820 g/mol. The minimum atomic E-state index is -5.08. The van der Waals surface area contributed by atoms with E-state index >= 15 is 0 Å². The lowest BCUT2D eigenvalue weighted by Crippen LogP contribution is -2.21. The molecule has 6 rings (SSSR count). The Balaban J connectivity index is 0.000000867. The molecule has 6 aromatic rings. The molecular weight excluding hydrogens is 785 g/mol. The summed E-state index contributed by atoms with van der Waals surface area (Å²) in [6.07, 6.45) is -3.68. The number of alkyl halides is 3. The van der Waals surface area contributed by atoms with Crippen LogP contribution in [0.25, 0.3) is 21.8 Å². The number of carboxylic acid groups (broad SMARTS) is 2. The highest BCUT2D eigenvalue weighted by Gasteiger charge is 2.38. The predicted molar refractivity (Wildman–Crippen MR) is 203 cm³/mol. The van der Waals surface area contributed by atoms with Gasteiger partial charge in [0.25, 0.3) is 11.8 Å². The summed E-state index contributed by atoms with van der Waals surface area (Å²) in [5, 5.41) is 31.0. The lowest BCUT2D eigenvalue weighted by atomic mass is 10.2. The summed E-state index contributed by atoms with van der Waals surface area (Å²) >= 11 is 0.